The zero-order valence-electron chi connectivity index (χ0n) is 16.6. The number of hydrazone groups is 1. The highest BCUT2D eigenvalue weighted by Gasteiger charge is 2.11. The summed E-state index contributed by atoms with van der Waals surface area (Å²) in [4.78, 5) is 35.1. The van der Waals surface area contributed by atoms with E-state index in [1.54, 1.807) is 48.5 Å². The van der Waals surface area contributed by atoms with Crippen molar-refractivity contribution in [3.05, 3.63) is 64.7 Å². The first-order valence-corrected chi connectivity index (χ1v) is 9.59. The second kappa shape index (κ2) is 11.6. The van der Waals surface area contributed by atoms with Gasteiger partial charge in [0.1, 0.15) is 5.75 Å². The minimum atomic E-state index is -0.878. The molecule has 0 aromatic heterocycles. The van der Waals surface area contributed by atoms with Gasteiger partial charge in [-0.1, -0.05) is 23.7 Å². The van der Waals surface area contributed by atoms with E-state index in [0.717, 1.165) is 5.56 Å². The molecule has 0 radical (unpaired) electrons. The van der Waals surface area contributed by atoms with Crippen LogP contribution in [0.4, 0.5) is 0 Å². The Morgan fingerprint density at radius 2 is 1.70 bits per heavy atom. The largest absolute Gasteiger partial charge is 0.484 e. The first kappa shape index (κ1) is 22.9. The quantitative estimate of drug-likeness (QED) is 0.338. The number of carbonyl (C=O) groups is 3. The predicted octanol–water partition coefficient (Wildman–Crippen LogP) is 2.01. The summed E-state index contributed by atoms with van der Waals surface area (Å²) in [6.07, 6.45) is 1.39. The van der Waals surface area contributed by atoms with Crippen molar-refractivity contribution in [3.8, 4) is 5.75 Å². The van der Waals surface area contributed by atoms with Crippen LogP contribution in [0, 0.1) is 0 Å². The molecule has 0 aliphatic carbocycles. The third-order valence-electron chi connectivity index (χ3n) is 3.65. The molecule has 30 heavy (non-hydrogen) atoms. The van der Waals surface area contributed by atoms with Gasteiger partial charge >= 0.3 is 11.8 Å². The molecule has 2 aromatic rings. The van der Waals surface area contributed by atoms with Crippen molar-refractivity contribution in [2.45, 2.75) is 26.4 Å². The van der Waals surface area contributed by atoms with Gasteiger partial charge in [0.25, 0.3) is 5.91 Å². The van der Waals surface area contributed by atoms with Crippen LogP contribution in [-0.4, -0.2) is 36.6 Å². The van der Waals surface area contributed by atoms with Gasteiger partial charge in [-0.15, -0.1) is 0 Å². The second-order valence-corrected chi connectivity index (χ2v) is 7.02. The van der Waals surface area contributed by atoms with Crippen LogP contribution in [0.25, 0.3) is 0 Å². The van der Waals surface area contributed by atoms with Crippen LogP contribution in [0.3, 0.4) is 0 Å². The number of benzene rings is 2. The minimum absolute atomic E-state index is 0.0504. The van der Waals surface area contributed by atoms with Crippen molar-refractivity contribution in [1.82, 2.24) is 16.1 Å². The summed E-state index contributed by atoms with van der Waals surface area (Å²) in [6, 6.07) is 13.7. The second-order valence-electron chi connectivity index (χ2n) is 6.59. The molecular formula is C21H23ClN4O4. The number of hydrogen-bond donors (Lipinski definition) is 3. The van der Waals surface area contributed by atoms with Crippen molar-refractivity contribution in [2.24, 2.45) is 5.10 Å². The van der Waals surface area contributed by atoms with Crippen LogP contribution >= 0.6 is 11.6 Å². The smallest absolute Gasteiger partial charge is 0.329 e. The summed E-state index contributed by atoms with van der Waals surface area (Å²) in [6.45, 7) is 3.86. The highest BCUT2D eigenvalue weighted by atomic mass is 35.5. The maximum absolute atomic E-state index is 11.8. The highest BCUT2D eigenvalue weighted by Crippen LogP contribution is 2.11. The molecule has 0 spiro atoms. The van der Waals surface area contributed by atoms with E-state index >= 15 is 0 Å². The Balaban J connectivity index is 1.74. The van der Waals surface area contributed by atoms with Gasteiger partial charge in [-0.05, 0) is 61.4 Å². The van der Waals surface area contributed by atoms with Crippen molar-refractivity contribution in [3.63, 3.8) is 0 Å². The van der Waals surface area contributed by atoms with Crippen molar-refractivity contribution < 1.29 is 19.1 Å². The zero-order chi connectivity index (χ0) is 21.9. The third kappa shape index (κ3) is 8.32. The third-order valence-corrected chi connectivity index (χ3v) is 3.90. The molecule has 3 N–H and O–H groups in total. The summed E-state index contributed by atoms with van der Waals surface area (Å²) in [7, 11) is 0. The van der Waals surface area contributed by atoms with E-state index in [1.807, 2.05) is 13.8 Å². The molecule has 0 aliphatic rings. The Bertz CT molecular complexity index is 896. The lowest BCUT2D eigenvalue weighted by Crippen LogP contribution is -2.37. The Kier molecular flexibility index (Phi) is 8.83. The number of nitrogens with zero attached hydrogens (tertiary/aromatic N) is 1. The van der Waals surface area contributed by atoms with Gasteiger partial charge in [-0.25, -0.2) is 5.43 Å². The van der Waals surface area contributed by atoms with E-state index < -0.39 is 11.8 Å². The monoisotopic (exact) mass is 430 g/mol. The Hall–Kier alpha value is -3.39. The average molecular weight is 431 g/mol. The minimum Gasteiger partial charge on any atom is -0.484 e. The molecule has 8 nitrogen and oxygen atoms in total. The van der Waals surface area contributed by atoms with Crippen LogP contribution < -0.4 is 20.8 Å². The molecule has 0 fully saturated rings. The van der Waals surface area contributed by atoms with Gasteiger partial charge in [0.15, 0.2) is 6.61 Å². The number of amides is 3. The molecule has 0 saturated carbocycles. The van der Waals surface area contributed by atoms with E-state index in [4.69, 9.17) is 16.3 Å². The molecule has 0 aliphatic heterocycles. The molecule has 0 atom stereocenters. The van der Waals surface area contributed by atoms with Gasteiger partial charge in [0.05, 0.1) is 6.21 Å². The lowest BCUT2D eigenvalue weighted by atomic mass is 10.2. The lowest BCUT2D eigenvalue weighted by Gasteiger charge is -2.09. The van der Waals surface area contributed by atoms with Gasteiger partial charge in [0, 0.05) is 17.6 Å². The van der Waals surface area contributed by atoms with Gasteiger partial charge in [-0.2, -0.15) is 5.10 Å². The van der Waals surface area contributed by atoms with Crippen LogP contribution in [0.1, 0.15) is 25.0 Å². The molecule has 3 amide bonds. The lowest BCUT2D eigenvalue weighted by molar-refractivity contribution is -0.139. The van der Waals surface area contributed by atoms with Crippen LogP contribution in [0.5, 0.6) is 5.75 Å². The van der Waals surface area contributed by atoms with Crippen LogP contribution in [0.2, 0.25) is 5.02 Å². The number of ether oxygens (including phenoxy) is 1. The van der Waals surface area contributed by atoms with E-state index in [1.165, 1.54) is 6.21 Å². The molecule has 2 rings (SSSR count). The maximum atomic E-state index is 11.8. The van der Waals surface area contributed by atoms with E-state index in [-0.39, 0.29) is 25.1 Å². The highest BCUT2D eigenvalue weighted by molar-refractivity contribution is 6.35. The van der Waals surface area contributed by atoms with Crippen molar-refractivity contribution in [2.75, 3.05) is 6.61 Å². The number of rotatable bonds is 8. The summed E-state index contributed by atoms with van der Waals surface area (Å²) < 4.78 is 5.38. The van der Waals surface area contributed by atoms with Crippen LogP contribution in [-0.2, 0) is 20.9 Å². The first-order valence-electron chi connectivity index (χ1n) is 9.21. The molecule has 0 unspecified atom stereocenters. The molecular weight excluding hydrogens is 408 g/mol. The van der Waals surface area contributed by atoms with Crippen molar-refractivity contribution in [1.29, 1.82) is 0 Å². The Morgan fingerprint density at radius 3 is 2.33 bits per heavy atom. The van der Waals surface area contributed by atoms with E-state index in [0.29, 0.717) is 16.3 Å². The maximum Gasteiger partial charge on any atom is 0.329 e. The fourth-order valence-electron chi connectivity index (χ4n) is 2.24. The standard InChI is InChI=1S/C21H23ClN4O4/c1-14(2)25-19(27)13-30-18-9-5-16(6-10-18)12-24-26-21(29)20(28)23-11-15-3-7-17(22)8-4-15/h3-10,12,14H,11,13H2,1-2H3,(H,23,28)(H,25,27)(H,26,29). The number of nitrogens with one attached hydrogen (secondary N) is 3. The molecule has 2 aromatic carbocycles. The SMILES string of the molecule is CC(C)NC(=O)COc1ccc(C=NNC(=O)C(=O)NCc2ccc(Cl)cc2)cc1. The fourth-order valence-corrected chi connectivity index (χ4v) is 2.37. The van der Waals surface area contributed by atoms with E-state index in [2.05, 4.69) is 21.2 Å². The molecule has 158 valence electrons. The van der Waals surface area contributed by atoms with E-state index in [9.17, 15) is 14.4 Å². The molecule has 0 saturated heterocycles. The first-order chi connectivity index (χ1) is 14.3. The van der Waals surface area contributed by atoms with Crippen molar-refractivity contribution >= 4 is 35.5 Å². The van der Waals surface area contributed by atoms with Gasteiger partial charge in [0.2, 0.25) is 0 Å². The summed E-state index contributed by atoms with van der Waals surface area (Å²) in [5.74, 6) is -1.36. The Morgan fingerprint density at radius 1 is 1.03 bits per heavy atom. The average Bonchev–Trinajstić information content (AvgIpc) is 2.72. The summed E-state index contributed by atoms with van der Waals surface area (Å²) in [5, 5.41) is 9.57. The molecule has 0 heterocycles. The summed E-state index contributed by atoms with van der Waals surface area (Å²) in [5.41, 5.74) is 3.65. The fraction of sp³-hybridized carbons (Fsp3) is 0.238. The Labute approximate surface area is 179 Å². The number of hydrogen-bond acceptors (Lipinski definition) is 5. The topological polar surface area (TPSA) is 109 Å². The molecule has 9 heteroatoms. The molecule has 0 bridgehead atoms. The summed E-state index contributed by atoms with van der Waals surface area (Å²) >= 11 is 5.80. The van der Waals surface area contributed by atoms with Gasteiger partial charge in [-0.3, -0.25) is 14.4 Å². The normalized spacial score (nSPS) is 10.7. The number of carbonyl (C=O) groups excluding carboxylic acids is 3. The van der Waals surface area contributed by atoms with Crippen LogP contribution in [0.15, 0.2) is 53.6 Å². The zero-order valence-corrected chi connectivity index (χ0v) is 17.4. The predicted molar refractivity (Wildman–Crippen MR) is 114 cm³/mol. The van der Waals surface area contributed by atoms with Gasteiger partial charge < -0.3 is 15.4 Å². The number of halogens is 1.